The summed E-state index contributed by atoms with van der Waals surface area (Å²) in [4.78, 5) is 188. The van der Waals surface area contributed by atoms with Crippen LogP contribution in [0.2, 0.25) is 0 Å². The molecular formula is C81H115F5N12O14. The summed E-state index contributed by atoms with van der Waals surface area (Å²) >= 11 is 0. The normalized spacial score (nSPS) is 18.3. The zero-order valence-electron chi connectivity index (χ0n) is 67.2. The summed E-state index contributed by atoms with van der Waals surface area (Å²) in [5, 5.41) is 18.1. The van der Waals surface area contributed by atoms with Crippen LogP contribution in [0.25, 0.3) is 0 Å². The Hall–Kier alpha value is -9.29. The topological polar surface area (TPSA) is 300 Å². The number of aryl methyl sites for hydroxylation is 2. The Labute approximate surface area is 654 Å². The van der Waals surface area contributed by atoms with Crippen LogP contribution in [0.3, 0.4) is 0 Å². The van der Waals surface area contributed by atoms with Gasteiger partial charge >= 0.3 is 12.3 Å². The quantitative estimate of drug-likeness (QED) is 0.0430. The maximum atomic E-state index is 15.6. The van der Waals surface area contributed by atoms with E-state index in [0.717, 1.165) is 16.0 Å². The van der Waals surface area contributed by atoms with Gasteiger partial charge in [-0.2, -0.15) is 13.2 Å². The van der Waals surface area contributed by atoms with Gasteiger partial charge in [-0.3, -0.25) is 52.7 Å². The number of nitrogens with zero attached hydrogens (tertiary/aromatic N) is 9. The Balaban J connectivity index is 1.06. The van der Waals surface area contributed by atoms with Crippen molar-refractivity contribution in [3.63, 3.8) is 0 Å². The fourth-order valence-corrected chi connectivity index (χ4v) is 15.7. The summed E-state index contributed by atoms with van der Waals surface area (Å²) in [6, 6.07) is 6.00. The van der Waals surface area contributed by atoms with Gasteiger partial charge in [-0.25, -0.2) is 13.6 Å². The number of amides is 12. The summed E-state index contributed by atoms with van der Waals surface area (Å²) in [5.41, 5.74) is -1.58. The zero-order chi connectivity index (χ0) is 83.0. The highest BCUT2D eigenvalue weighted by molar-refractivity contribution is 6.01. The SMILES string of the molecule is CC[C@H](C)[C@H](NC(=O)[C@H](CC(C)C)N(C)C(=O)C[C@@H](C(=O)N(C)C)N(C)C(=O)[C@H](C1CCCC1)N(C)C(=O)C1(NC(=O)[C@@H]2CCCN2C(=O)[C@H](CCc2cc(F)c(C(F)(F)F)c(F)c2)NC(=O)OCc2ccccc2)CCCC1)C(=O)N(C)[C@@H](C)C(=O)N1CC[C@H]1C(=O)N(CC)[C@@H](Cc1ccc(C)cc1)C(=O)N(C)CCO. The number of carbonyl (C=O) groups excluding carboxylic acids is 12. The van der Waals surface area contributed by atoms with Crippen LogP contribution in [-0.2, 0) is 83.1 Å². The van der Waals surface area contributed by atoms with Crippen molar-refractivity contribution in [2.75, 3.05) is 82.1 Å². The van der Waals surface area contributed by atoms with Gasteiger partial charge in [0.25, 0.3) is 0 Å². The van der Waals surface area contributed by atoms with Gasteiger partial charge in [-0.05, 0) is 132 Å². The van der Waals surface area contributed by atoms with Crippen LogP contribution in [0.15, 0.2) is 66.7 Å². The first-order valence-corrected chi connectivity index (χ1v) is 39.1. The lowest BCUT2D eigenvalue weighted by Gasteiger charge is -2.45. The molecule has 112 heavy (non-hydrogen) atoms. The van der Waals surface area contributed by atoms with Gasteiger partial charge in [0.2, 0.25) is 65.0 Å². The number of rotatable bonds is 35. The van der Waals surface area contributed by atoms with Gasteiger partial charge in [-0.1, -0.05) is 120 Å². The predicted molar refractivity (Wildman–Crippen MR) is 406 cm³/mol. The average Bonchev–Trinajstić information content (AvgIpc) is 1.38. The summed E-state index contributed by atoms with van der Waals surface area (Å²) in [6.07, 6.45) is -3.06. The first kappa shape index (κ1) is 89.9. The third kappa shape index (κ3) is 21.9. The van der Waals surface area contributed by atoms with E-state index < -0.39 is 180 Å². The van der Waals surface area contributed by atoms with Crippen LogP contribution in [0.4, 0.5) is 26.7 Å². The highest BCUT2D eigenvalue weighted by Crippen LogP contribution is 2.39. The number of aliphatic hydroxyl groups excluding tert-OH is 1. The Bertz CT molecular complexity index is 3800. The van der Waals surface area contributed by atoms with E-state index in [0.29, 0.717) is 69.1 Å². The minimum atomic E-state index is -5.35. The number of likely N-dealkylation sites (tertiary alicyclic amines) is 2. The van der Waals surface area contributed by atoms with Gasteiger partial charge in [0.1, 0.15) is 83.7 Å². The second-order valence-electron chi connectivity index (χ2n) is 31.3. The molecule has 618 valence electrons. The Kier molecular flexibility index (Phi) is 32.1. The zero-order valence-corrected chi connectivity index (χ0v) is 67.2. The first-order chi connectivity index (χ1) is 52.8. The Morgan fingerprint density at radius 3 is 1.82 bits per heavy atom. The van der Waals surface area contributed by atoms with E-state index in [2.05, 4.69) is 16.0 Å². The summed E-state index contributed by atoms with van der Waals surface area (Å²) in [7, 11) is 10.1. The Morgan fingerprint density at radius 1 is 0.652 bits per heavy atom. The molecule has 0 aromatic heterocycles. The highest BCUT2D eigenvalue weighted by Gasteiger charge is 2.52. The molecule has 0 spiro atoms. The van der Waals surface area contributed by atoms with E-state index >= 15 is 9.59 Å². The van der Waals surface area contributed by atoms with E-state index in [1.54, 1.807) is 51.2 Å². The van der Waals surface area contributed by atoms with Crippen molar-refractivity contribution in [2.45, 2.75) is 230 Å². The summed E-state index contributed by atoms with van der Waals surface area (Å²) < 4.78 is 75.7. The lowest BCUT2D eigenvalue weighted by atomic mass is 9.90. The molecule has 2 saturated heterocycles. The molecule has 2 saturated carbocycles. The molecule has 4 N–H and O–H groups in total. The molecule has 2 aliphatic carbocycles. The molecule has 7 rings (SSSR count). The number of aliphatic hydroxyl groups is 1. The molecule has 2 heterocycles. The predicted octanol–water partition coefficient (Wildman–Crippen LogP) is 7.02. The number of halogens is 5. The number of nitrogens with one attached hydrogen (secondary N) is 3. The Morgan fingerprint density at radius 2 is 1.27 bits per heavy atom. The molecule has 4 fully saturated rings. The second-order valence-corrected chi connectivity index (χ2v) is 31.3. The number of ether oxygens (including phenoxy) is 1. The minimum absolute atomic E-state index is 0.0229. The summed E-state index contributed by atoms with van der Waals surface area (Å²) in [6.45, 7) is 12.3. The van der Waals surface area contributed by atoms with Crippen molar-refractivity contribution in [1.82, 2.24) is 60.0 Å². The summed E-state index contributed by atoms with van der Waals surface area (Å²) in [5.74, 6) is -12.0. The molecule has 4 aliphatic rings. The maximum Gasteiger partial charge on any atom is 0.422 e. The number of hydrogen-bond acceptors (Lipinski definition) is 14. The monoisotopic (exact) mass is 1570 g/mol. The van der Waals surface area contributed by atoms with Crippen molar-refractivity contribution < 1.29 is 89.3 Å². The van der Waals surface area contributed by atoms with E-state index in [1.165, 1.54) is 88.4 Å². The molecule has 10 atom stereocenters. The van der Waals surface area contributed by atoms with Crippen molar-refractivity contribution in [1.29, 1.82) is 0 Å². The van der Waals surface area contributed by atoms with E-state index in [-0.39, 0.29) is 95.3 Å². The van der Waals surface area contributed by atoms with Gasteiger partial charge in [0, 0.05) is 81.9 Å². The standard InChI is InChI=1S/C81H115F5N12O14/c1-15-51(6)67(76(108)92(11)52(7)71(103)98-40-36-61(98)75(107)96(16-2)64(74(106)91(10)41-42-99)46-53-32-30-50(5)31-33-53)88-69(101)62(43-49(3)4)93(12)65(100)47-63(73(105)90(8)9)94(13)77(109)68(56-27-20-21-28-56)95(14)78(110)80(37-22-23-38-80)89-70(102)60-29-24-39-97(60)72(104)59(87-79(111)112-48-54-25-18-17-19-26-54)35-34-55-44-57(82)66(58(83)45-55)81(84,85)86/h17-19,25-26,30-33,44-45,49,51-52,56,59-64,67-68,99H,15-16,20-24,27-29,34-43,46-48H2,1-14H3,(H,87,111)(H,88,101)(H,89,102)/t51-,52-,59-,60-,61-,62-,63-,64-,67-,68-/m0/s1. The van der Waals surface area contributed by atoms with Crippen molar-refractivity contribution >= 4 is 71.1 Å². The van der Waals surface area contributed by atoms with Crippen LogP contribution in [0.5, 0.6) is 0 Å². The molecule has 31 heteroatoms. The van der Waals surface area contributed by atoms with Crippen molar-refractivity contribution in [3.8, 4) is 0 Å². The molecule has 26 nitrogen and oxygen atoms in total. The van der Waals surface area contributed by atoms with Crippen LogP contribution >= 0.6 is 0 Å². The molecule has 0 unspecified atom stereocenters. The second kappa shape index (κ2) is 39.9. The maximum absolute atomic E-state index is 15.6. The smallest absolute Gasteiger partial charge is 0.422 e. The van der Waals surface area contributed by atoms with Gasteiger partial charge in [-0.15, -0.1) is 0 Å². The number of alkyl halides is 3. The first-order valence-electron chi connectivity index (χ1n) is 39.1. The number of likely N-dealkylation sites (N-methyl/N-ethyl adjacent to an activating group) is 7. The molecule has 12 amide bonds. The fraction of sp³-hybridized carbons (Fsp3) is 0.630. The third-order valence-electron chi connectivity index (χ3n) is 22.9. The van der Waals surface area contributed by atoms with Crippen LogP contribution in [0, 0.1) is 36.3 Å². The molecule has 0 radical (unpaired) electrons. The highest BCUT2D eigenvalue weighted by atomic mass is 19.4. The van der Waals surface area contributed by atoms with E-state index in [4.69, 9.17) is 4.74 Å². The molecule has 0 bridgehead atoms. The third-order valence-corrected chi connectivity index (χ3v) is 22.9. The van der Waals surface area contributed by atoms with Crippen LogP contribution < -0.4 is 16.0 Å². The van der Waals surface area contributed by atoms with Gasteiger partial charge in [0.05, 0.1) is 13.0 Å². The number of hydrogen-bond donors (Lipinski definition) is 4. The van der Waals surface area contributed by atoms with E-state index in [9.17, 15) is 75.0 Å². The fourth-order valence-electron chi connectivity index (χ4n) is 15.7. The van der Waals surface area contributed by atoms with Crippen molar-refractivity contribution in [2.24, 2.45) is 17.8 Å². The lowest BCUT2D eigenvalue weighted by molar-refractivity contribution is -0.160. The molecular weight excluding hydrogens is 1460 g/mol. The molecule has 3 aromatic rings. The van der Waals surface area contributed by atoms with E-state index in [1.807, 2.05) is 52.0 Å². The largest absolute Gasteiger partial charge is 0.445 e. The number of alkyl carbamates (subject to hydrolysis) is 1. The van der Waals surface area contributed by atoms with Crippen LogP contribution in [0.1, 0.15) is 166 Å². The average molecular weight is 1580 g/mol. The minimum Gasteiger partial charge on any atom is -0.445 e. The molecule has 2 aliphatic heterocycles. The number of benzene rings is 3. The van der Waals surface area contributed by atoms with Gasteiger partial charge in [0.15, 0.2) is 0 Å². The lowest BCUT2D eigenvalue weighted by Crippen LogP contribution is -2.65. The number of carbonyl (C=O) groups is 12. The van der Waals surface area contributed by atoms with Crippen LogP contribution in [-0.4, -0.2) is 262 Å². The van der Waals surface area contributed by atoms with Crippen molar-refractivity contribution in [3.05, 3.63) is 106 Å². The van der Waals surface area contributed by atoms with Gasteiger partial charge < -0.3 is 69.9 Å². The molecule has 3 aromatic carbocycles.